The summed E-state index contributed by atoms with van der Waals surface area (Å²) in [5.41, 5.74) is 1.08. The standard InChI is InChI=1S/C18H22O4S/c1-2-21-18(20)17-14-10-12(19)8-9-15(14)22-16(17)11-23-13-6-4-3-5-7-13/h8-10,13,19H,2-7,11H2,1H3. The van der Waals surface area contributed by atoms with Crippen molar-refractivity contribution in [2.45, 2.75) is 50.0 Å². The zero-order chi connectivity index (χ0) is 16.2. The first-order valence-corrected chi connectivity index (χ1v) is 9.27. The molecule has 5 heteroatoms. The lowest BCUT2D eigenvalue weighted by atomic mass is 10.0. The summed E-state index contributed by atoms with van der Waals surface area (Å²) in [6.07, 6.45) is 6.38. The lowest BCUT2D eigenvalue weighted by Gasteiger charge is -2.20. The number of phenolic OH excluding ortho intramolecular Hbond substituents is 1. The Kier molecular flexibility index (Phi) is 5.16. The van der Waals surface area contributed by atoms with Gasteiger partial charge in [0.2, 0.25) is 0 Å². The first-order valence-electron chi connectivity index (χ1n) is 8.22. The molecule has 2 aromatic rings. The fraction of sp³-hybridized carbons (Fsp3) is 0.500. The van der Waals surface area contributed by atoms with E-state index in [-0.39, 0.29) is 11.7 Å². The zero-order valence-corrected chi connectivity index (χ0v) is 14.2. The van der Waals surface area contributed by atoms with E-state index in [9.17, 15) is 9.90 Å². The predicted octanol–water partition coefficient (Wildman–Crippen LogP) is 4.88. The van der Waals surface area contributed by atoms with Crippen LogP contribution in [-0.2, 0) is 10.5 Å². The molecule has 0 bridgehead atoms. The summed E-state index contributed by atoms with van der Waals surface area (Å²) < 4.78 is 11.1. The van der Waals surface area contributed by atoms with Crippen LogP contribution >= 0.6 is 11.8 Å². The average Bonchev–Trinajstić information content (AvgIpc) is 2.91. The van der Waals surface area contributed by atoms with Crippen molar-refractivity contribution in [1.29, 1.82) is 0 Å². The Labute approximate surface area is 140 Å². The van der Waals surface area contributed by atoms with Crippen LogP contribution in [0.1, 0.15) is 55.1 Å². The normalized spacial score (nSPS) is 15.9. The Morgan fingerprint density at radius 2 is 2.13 bits per heavy atom. The smallest absolute Gasteiger partial charge is 0.342 e. The highest BCUT2D eigenvalue weighted by Crippen LogP contribution is 2.35. The van der Waals surface area contributed by atoms with Gasteiger partial charge < -0.3 is 14.3 Å². The Hall–Kier alpha value is -1.62. The Morgan fingerprint density at radius 3 is 2.87 bits per heavy atom. The summed E-state index contributed by atoms with van der Waals surface area (Å²) in [5, 5.41) is 11.0. The number of esters is 1. The van der Waals surface area contributed by atoms with Gasteiger partial charge in [-0.1, -0.05) is 19.3 Å². The van der Waals surface area contributed by atoms with Crippen molar-refractivity contribution < 1.29 is 19.1 Å². The van der Waals surface area contributed by atoms with Crippen molar-refractivity contribution in [2.75, 3.05) is 6.61 Å². The number of benzene rings is 1. The van der Waals surface area contributed by atoms with E-state index < -0.39 is 0 Å². The molecule has 0 atom stereocenters. The van der Waals surface area contributed by atoms with Gasteiger partial charge in [-0.3, -0.25) is 0 Å². The molecule has 1 aliphatic carbocycles. The van der Waals surface area contributed by atoms with Gasteiger partial charge in [-0.15, -0.1) is 0 Å². The zero-order valence-electron chi connectivity index (χ0n) is 13.3. The molecule has 0 amide bonds. The monoisotopic (exact) mass is 334 g/mol. The Morgan fingerprint density at radius 1 is 1.35 bits per heavy atom. The third-order valence-electron chi connectivity index (χ3n) is 4.23. The van der Waals surface area contributed by atoms with Crippen molar-refractivity contribution in [2.24, 2.45) is 0 Å². The van der Waals surface area contributed by atoms with Gasteiger partial charge in [0.25, 0.3) is 0 Å². The molecule has 1 heterocycles. The molecule has 124 valence electrons. The summed E-state index contributed by atoms with van der Waals surface area (Å²) in [4.78, 5) is 12.3. The summed E-state index contributed by atoms with van der Waals surface area (Å²) in [7, 11) is 0. The van der Waals surface area contributed by atoms with E-state index in [2.05, 4.69) is 0 Å². The second-order valence-corrected chi connectivity index (χ2v) is 7.16. The lowest BCUT2D eigenvalue weighted by Crippen LogP contribution is -2.10. The number of carbonyl (C=O) groups is 1. The largest absolute Gasteiger partial charge is 0.508 e. The van der Waals surface area contributed by atoms with Gasteiger partial charge in [0, 0.05) is 10.6 Å². The van der Waals surface area contributed by atoms with Crippen LogP contribution in [0.4, 0.5) is 0 Å². The number of carbonyl (C=O) groups excluding carboxylic acids is 1. The fourth-order valence-electron chi connectivity index (χ4n) is 3.09. The molecule has 0 radical (unpaired) electrons. The highest BCUT2D eigenvalue weighted by Gasteiger charge is 2.24. The van der Waals surface area contributed by atoms with E-state index in [4.69, 9.17) is 9.15 Å². The Balaban J connectivity index is 1.87. The average molecular weight is 334 g/mol. The SMILES string of the molecule is CCOC(=O)c1c(CSC2CCCCC2)oc2ccc(O)cc12. The number of furan rings is 1. The first-order chi connectivity index (χ1) is 11.2. The minimum absolute atomic E-state index is 0.121. The van der Waals surface area contributed by atoms with E-state index in [1.807, 2.05) is 11.8 Å². The molecular weight excluding hydrogens is 312 g/mol. The van der Waals surface area contributed by atoms with Gasteiger partial charge in [-0.2, -0.15) is 11.8 Å². The van der Waals surface area contributed by atoms with E-state index in [0.29, 0.717) is 39.9 Å². The molecule has 3 rings (SSSR count). The third kappa shape index (κ3) is 3.66. The molecule has 1 aliphatic rings. The molecule has 1 aromatic heterocycles. The summed E-state index contributed by atoms with van der Waals surface area (Å²) in [6.45, 7) is 2.10. The third-order valence-corrected chi connectivity index (χ3v) is 5.60. The van der Waals surface area contributed by atoms with Crippen molar-refractivity contribution in [3.05, 3.63) is 29.5 Å². The number of aromatic hydroxyl groups is 1. The summed E-state index contributed by atoms with van der Waals surface area (Å²) in [5.74, 6) is 1.06. The highest BCUT2D eigenvalue weighted by molar-refractivity contribution is 7.99. The number of hydrogen-bond acceptors (Lipinski definition) is 5. The fourth-order valence-corrected chi connectivity index (χ4v) is 4.35. The van der Waals surface area contributed by atoms with Crippen LogP contribution in [0, 0.1) is 0 Å². The van der Waals surface area contributed by atoms with Crippen LogP contribution in [0.2, 0.25) is 0 Å². The number of ether oxygens (including phenoxy) is 1. The number of thioether (sulfide) groups is 1. The molecule has 1 saturated carbocycles. The van der Waals surface area contributed by atoms with Crippen LogP contribution in [-0.4, -0.2) is 22.9 Å². The molecule has 1 N–H and O–H groups in total. The number of phenols is 1. The van der Waals surface area contributed by atoms with E-state index >= 15 is 0 Å². The predicted molar refractivity (Wildman–Crippen MR) is 92.0 cm³/mol. The molecular formula is C18H22O4S. The number of fused-ring (bicyclic) bond motifs is 1. The number of hydrogen-bond donors (Lipinski definition) is 1. The van der Waals surface area contributed by atoms with Crippen LogP contribution < -0.4 is 0 Å². The van der Waals surface area contributed by atoms with Crippen LogP contribution in [0.3, 0.4) is 0 Å². The summed E-state index contributed by atoms with van der Waals surface area (Å²) in [6, 6.07) is 4.83. The molecule has 0 spiro atoms. The van der Waals surface area contributed by atoms with Crippen molar-refractivity contribution in [3.63, 3.8) is 0 Å². The minimum atomic E-state index is -0.379. The molecule has 23 heavy (non-hydrogen) atoms. The van der Waals surface area contributed by atoms with Crippen molar-refractivity contribution in [1.82, 2.24) is 0 Å². The van der Waals surface area contributed by atoms with Gasteiger partial charge in [0.05, 0.1) is 12.4 Å². The molecule has 4 nitrogen and oxygen atoms in total. The summed E-state index contributed by atoms with van der Waals surface area (Å²) >= 11 is 1.86. The van der Waals surface area contributed by atoms with Crippen molar-refractivity contribution >= 4 is 28.7 Å². The van der Waals surface area contributed by atoms with E-state index in [0.717, 1.165) is 0 Å². The lowest BCUT2D eigenvalue weighted by molar-refractivity contribution is 0.0526. The Bertz CT molecular complexity index is 686. The van der Waals surface area contributed by atoms with E-state index in [1.54, 1.807) is 25.1 Å². The maximum absolute atomic E-state index is 12.3. The second-order valence-electron chi connectivity index (χ2n) is 5.87. The van der Waals surface area contributed by atoms with Crippen LogP contribution in [0.5, 0.6) is 5.75 Å². The second kappa shape index (κ2) is 7.30. The van der Waals surface area contributed by atoms with Crippen molar-refractivity contribution in [3.8, 4) is 5.75 Å². The topological polar surface area (TPSA) is 59.7 Å². The quantitative estimate of drug-likeness (QED) is 0.790. The van der Waals surface area contributed by atoms with Gasteiger partial charge in [0.15, 0.2) is 0 Å². The van der Waals surface area contributed by atoms with Gasteiger partial charge >= 0.3 is 5.97 Å². The maximum Gasteiger partial charge on any atom is 0.342 e. The highest BCUT2D eigenvalue weighted by atomic mass is 32.2. The van der Waals surface area contributed by atoms with Gasteiger partial charge in [0.1, 0.15) is 22.7 Å². The van der Waals surface area contributed by atoms with Gasteiger partial charge in [-0.05, 0) is 38.0 Å². The first kappa shape index (κ1) is 16.2. The maximum atomic E-state index is 12.3. The van der Waals surface area contributed by atoms with Crippen LogP contribution in [0.15, 0.2) is 22.6 Å². The number of rotatable bonds is 5. The van der Waals surface area contributed by atoms with E-state index in [1.165, 1.54) is 32.1 Å². The molecule has 1 aromatic carbocycles. The minimum Gasteiger partial charge on any atom is -0.508 e. The molecule has 0 aliphatic heterocycles. The molecule has 0 saturated heterocycles. The van der Waals surface area contributed by atoms with Gasteiger partial charge in [-0.25, -0.2) is 4.79 Å². The molecule has 0 unspecified atom stereocenters. The van der Waals surface area contributed by atoms with Crippen LogP contribution in [0.25, 0.3) is 11.0 Å². The molecule has 1 fully saturated rings.